The Morgan fingerprint density at radius 3 is 2.73 bits per heavy atom. The highest BCUT2D eigenvalue weighted by Gasteiger charge is 2.02. The van der Waals surface area contributed by atoms with E-state index < -0.39 is 0 Å². The third kappa shape index (κ3) is 4.07. The van der Waals surface area contributed by atoms with Gasteiger partial charge in [0.25, 0.3) is 0 Å². The molecule has 80 valence electrons. The predicted octanol–water partition coefficient (Wildman–Crippen LogP) is 0.944. The third-order valence-corrected chi connectivity index (χ3v) is 2.43. The quantitative estimate of drug-likeness (QED) is 0.322. The maximum atomic E-state index is 10.8. The molecule has 0 spiro atoms. The SMILES string of the molecule is COC(=O)CCSc1ncc(C=O)cn1. The molecule has 15 heavy (non-hydrogen) atoms. The van der Waals surface area contributed by atoms with Gasteiger partial charge in [-0.3, -0.25) is 9.59 Å². The van der Waals surface area contributed by atoms with Crippen LogP contribution in [0.25, 0.3) is 0 Å². The zero-order chi connectivity index (χ0) is 11.1. The first-order chi connectivity index (χ1) is 7.26. The molecule has 0 saturated heterocycles. The van der Waals surface area contributed by atoms with Crippen LogP contribution in [0.5, 0.6) is 0 Å². The van der Waals surface area contributed by atoms with Crippen molar-refractivity contribution in [1.29, 1.82) is 0 Å². The van der Waals surface area contributed by atoms with Crippen LogP contribution in [0, 0.1) is 0 Å². The Morgan fingerprint density at radius 1 is 1.53 bits per heavy atom. The van der Waals surface area contributed by atoms with Crippen molar-refractivity contribution in [1.82, 2.24) is 9.97 Å². The maximum absolute atomic E-state index is 10.8. The van der Waals surface area contributed by atoms with E-state index in [0.29, 0.717) is 29.2 Å². The number of thioether (sulfide) groups is 1. The van der Waals surface area contributed by atoms with E-state index in [1.807, 2.05) is 0 Å². The van der Waals surface area contributed by atoms with E-state index in [4.69, 9.17) is 0 Å². The Hall–Kier alpha value is -1.43. The number of hydrogen-bond donors (Lipinski definition) is 0. The molecule has 0 aliphatic rings. The molecule has 0 atom stereocenters. The Balaban J connectivity index is 2.37. The molecule has 0 saturated carbocycles. The molecular formula is C9H10N2O3S. The van der Waals surface area contributed by atoms with Crippen molar-refractivity contribution in [2.45, 2.75) is 11.6 Å². The highest BCUT2D eigenvalue weighted by molar-refractivity contribution is 7.99. The second-order valence-electron chi connectivity index (χ2n) is 2.59. The van der Waals surface area contributed by atoms with Gasteiger partial charge < -0.3 is 4.74 Å². The first-order valence-electron chi connectivity index (χ1n) is 4.23. The molecule has 1 heterocycles. The minimum atomic E-state index is -0.257. The molecule has 1 rings (SSSR count). The summed E-state index contributed by atoms with van der Waals surface area (Å²) >= 11 is 1.34. The van der Waals surface area contributed by atoms with Crippen LogP contribution in [0.4, 0.5) is 0 Å². The Labute approximate surface area is 91.3 Å². The fourth-order valence-electron chi connectivity index (χ4n) is 0.789. The lowest BCUT2D eigenvalue weighted by Gasteiger charge is -1.99. The summed E-state index contributed by atoms with van der Waals surface area (Å²) in [5.74, 6) is 0.305. The van der Waals surface area contributed by atoms with Gasteiger partial charge in [0, 0.05) is 18.1 Å². The molecule has 5 nitrogen and oxygen atoms in total. The average molecular weight is 226 g/mol. The number of hydrogen-bond acceptors (Lipinski definition) is 6. The second-order valence-corrected chi connectivity index (χ2v) is 3.65. The van der Waals surface area contributed by atoms with Crippen molar-refractivity contribution >= 4 is 24.0 Å². The molecule has 0 bridgehead atoms. The number of carbonyl (C=O) groups excluding carboxylic acids is 2. The number of esters is 1. The molecule has 1 aromatic rings. The standard InChI is InChI=1S/C9H10N2O3S/c1-14-8(13)2-3-15-9-10-4-7(6-12)5-11-9/h4-6H,2-3H2,1H3. The number of nitrogens with zero attached hydrogens (tertiary/aromatic N) is 2. The first-order valence-corrected chi connectivity index (χ1v) is 5.21. The van der Waals surface area contributed by atoms with Crippen LogP contribution in [0.3, 0.4) is 0 Å². The molecule has 0 amide bonds. The largest absolute Gasteiger partial charge is 0.469 e. The van der Waals surface area contributed by atoms with Gasteiger partial charge >= 0.3 is 5.97 Å². The van der Waals surface area contributed by atoms with Gasteiger partial charge in [-0.25, -0.2) is 9.97 Å². The molecule has 0 radical (unpaired) electrons. The number of aldehydes is 1. The average Bonchev–Trinajstić information content (AvgIpc) is 2.29. The summed E-state index contributed by atoms with van der Waals surface area (Å²) in [6, 6.07) is 0. The van der Waals surface area contributed by atoms with Gasteiger partial charge in [0.2, 0.25) is 0 Å². The summed E-state index contributed by atoms with van der Waals surface area (Å²) in [5.41, 5.74) is 0.437. The van der Waals surface area contributed by atoms with Crippen molar-refractivity contribution in [2.75, 3.05) is 12.9 Å². The van der Waals surface area contributed by atoms with E-state index in [1.54, 1.807) is 0 Å². The molecule has 0 aromatic carbocycles. The van der Waals surface area contributed by atoms with Crippen molar-refractivity contribution in [3.8, 4) is 0 Å². The topological polar surface area (TPSA) is 69.2 Å². The number of methoxy groups -OCH3 is 1. The number of rotatable bonds is 5. The third-order valence-electron chi connectivity index (χ3n) is 1.55. The van der Waals surface area contributed by atoms with E-state index >= 15 is 0 Å². The van der Waals surface area contributed by atoms with Crippen molar-refractivity contribution in [3.63, 3.8) is 0 Å². The fraction of sp³-hybridized carbons (Fsp3) is 0.333. The number of ether oxygens (including phenoxy) is 1. The van der Waals surface area contributed by atoms with Gasteiger partial charge in [-0.1, -0.05) is 11.8 Å². The second kappa shape index (κ2) is 6.13. The van der Waals surface area contributed by atoms with Crippen molar-refractivity contribution in [3.05, 3.63) is 18.0 Å². The van der Waals surface area contributed by atoms with Crippen molar-refractivity contribution < 1.29 is 14.3 Å². The molecule has 6 heteroatoms. The number of carbonyl (C=O) groups is 2. The van der Waals surface area contributed by atoms with E-state index in [-0.39, 0.29) is 5.97 Å². The Morgan fingerprint density at radius 2 is 2.20 bits per heavy atom. The zero-order valence-corrected chi connectivity index (χ0v) is 8.99. The summed E-state index contributed by atoms with van der Waals surface area (Å²) < 4.78 is 4.49. The van der Waals surface area contributed by atoms with Crippen LogP contribution in [0.2, 0.25) is 0 Å². The summed E-state index contributed by atoms with van der Waals surface area (Å²) in [6.07, 6.45) is 3.89. The minimum Gasteiger partial charge on any atom is -0.469 e. The van der Waals surface area contributed by atoms with Crippen molar-refractivity contribution in [2.24, 2.45) is 0 Å². The van der Waals surface area contributed by atoms with E-state index in [1.165, 1.54) is 31.3 Å². The zero-order valence-electron chi connectivity index (χ0n) is 8.17. The van der Waals surface area contributed by atoms with Crippen LogP contribution in [0.15, 0.2) is 17.6 Å². The molecule has 0 aliphatic carbocycles. The lowest BCUT2D eigenvalue weighted by Crippen LogP contribution is -2.01. The predicted molar refractivity (Wildman–Crippen MR) is 54.8 cm³/mol. The smallest absolute Gasteiger partial charge is 0.306 e. The lowest BCUT2D eigenvalue weighted by molar-refractivity contribution is -0.140. The van der Waals surface area contributed by atoms with Gasteiger partial charge in [0.1, 0.15) is 0 Å². The fourth-order valence-corrected chi connectivity index (χ4v) is 1.50. The monoisotopic (exact) mass is 226 g/mol. The molecule has 0 unspecified atom stereocenters. The molecular weight excluding hydrogens is 216 g/mol. The van der Waals surface area contributed by atoms with Crippen LogP contribution < -0.4 is 0 Å². The lowest BCUT2D eigenvalue weighted by atomic mass is 10.4. The van der Waals surface area contributed by atoms with E-state index in [0.717, 1.165) is 0 Å². The van der Waals surface area contributed by atoms with E-state index in [9.17, 15) is 9.59 Å². The maximum Gasteiger partial charge on any atom is 0.306 e. The van der Waals surface area contributed by atoms with Crippen LogP contribution in [-0.4, -0.2) is 35.1 Å². The summed E-state index contributed by atoms with van der Waals surface area (Å²) in [7, 11) is 1.35. The van der Waals surface area contributed by atoms with Crippen LogP contribution in [-0.2, 0) is 9.53 Å². The van der Waals surface area contributed by atoms with Crippen LogP contribution in [0.1, 0.15) is 16.8 Å². The molecule has 0 fully saturated rings. The normalized spacial score (nSPS) is 9.67. The molecule has 0 N–H and O–H groups in total. The Bertz CT molecular complexity index is 340. The Kier molecular flexibility index (Phi) is 4.76. The minimum absolute atomic E-state index is 0.257. The number of aromatic nitrogens is 2. The highest BCUT2D eigenvalue weighted by atomic mass is 32.2. The van der Waals surface area contributed by atoms with Crippen LogP contribution >= 0.6 is 11.8 Å². The van der Waals surface area contributed by atoms with Gasteiger partial charge in [-0.15, -0.1) is 0 Å². The van der Waals surface area contributed by atoms with Gasteiger partial charge in [-0.2, -0.15) is 0 Å². The highest BCUT2D eigenvalue weighted by Crippen LogP contribution is 2.12. The first kappa shape index (κ1) is 11.6. The molecule has 0 aliphatic heterocycles. The van der Waals surface area contributed by atoms with Gasteiger partial charge in [0.15, 0.2) is 11.4 Å². The van der Waals surface area contributed by atoms with Gasteiger partial charge in [0.05, 0.1) is 19.1 Å². The molecule has 1 aromatic heterocycles. The van der Waals surface area contributed by atoms with Gasteiger partial charge in [-0.05, 0) is 0 Å². The summed E-state index contributed by atoms with van der Waals surface area (Å²) in [4.78, 5) is 29.0. The summed E-state index contributed by atoms with van der Waals surface area (Å²) in [6.45, 7) is 0. The van der Waals surface area contributed by atoms with E-state index in [2.05, 4.69) is 14.7 Å². The summed E-state index contributed by atoms with van der Waals surface area (Å²) in [5, 5.41) is 0.546.